The molecule has 0 fully saturated rings. The molecule has 7 heteroatoms. The molecule has 2 amide bonds. The van der Waals surface area contributed by atoms with Crippen LogP contribution < -0.4 is 20.1 Å². The predicted molar refractivity (Wildman–Crippen MR) is 132 cm³/mol. The number of urea groups is 1. The Hall–Kier alpha value is -4.26. The van der Waals surface area contributed by atoms with Crippen molar-refractivity contribution in [1.82, 2.24) is 10.6 Å². The first-order valence-corrected chi connectivity index (χ1v) is 11.4. The summed E-state index contributed by atoms with van der Waals surface area (Å²) in [5, 5.41) is 5.50. The number of hydrogen-bond acceptors (Lipinski definition) is 5. The SMILES string of the molecule is COc1cc([C@@H]2NC(=O)NC(C)=C2C(=O)OCCc2ccccc2)ccc1OCc1ccccc1. The summed E-state index contributed by atoms with van der Waals surface area (Å²) in [6, 6.07) is 23.9. The van der Waals surface area contributed by atoms with Crippen molar-refractivity contribution in [2.24, 2.45) is 0 Å². The number of nitrogens with one attached hydrogen (secondary N) is 2. The lowest BCUT2D eigenvalue weighted by Crippen LogP contribution is -2.45. The molecule has 2 N–H and O–H groups in total. The lowest BCUT2D eigenvalue weighted by molar-refractivity contribution is -0.139. The van der Waals surface area contributed by atoms with Crippen LogP contribution in [-0.4, -0.2) is 25.7 Å². The zero-order chi connectivity index (χ0) is 24.6. The topological polar surface area (TPSA) is 85.9 Å². The maximum absolute atomic E-state index is 13.0. The van der Waals surface area contributed by atoms with Crippen LogP contribution >= 0.6 is 0 Å². The molecule has 3 aromatic rings. The van der Waals surface area contributed by atoms with Crippen molar-refractivity contribution in [3.63, 3.8) is 0 Å². The largest absolute Gasteiger partial charge is 0.493 e. The van der Waals surface area contributed by atoms with Crippen LogP contribution in [0.2, 0.25) is 0 Å². The predicted octanol–water partition coefficient (Wildman–Crippen LogP) is 4.69. The summed E-state index contributed by atoms with van der Waals surface area (Å²) in [5.74, 6) is 0.577. The maximum atomic E-state index is 13.0. The summed E-state index contributed by atoms with van der Waals surface area (Å²) >= 11 is 0. The number of esters is 1. The van der Waals surface area contributed by atoms with Gasteiger partial charge in [-0.25, -0.2) is 9.59 Å². The molecule has 4 rings (SSSR count). The van der Waals surface area contributed by atoms with E-state index >= 15 is 0 Å². The van der Waals surface area contributed by atoms with Crippen LogP contribution in [0.4, 0.5) is 4.79 Å². The van der Waals surface area contributed by atoms with Gasteiger partial charge in [0, 0.05) is 12.1 Å². The molecular weight excluding hydrogens is 444 g/mol. The summed E-state index contributed by atoms with van der Waals surface area (Å²) in [7, 11) is 1.55. The van der Waals surface area contributed by atoms with Gasteiger partial charge in [-0.05, 0) is 35.7 Å². The van der Waals surface area contributed by atoms with E-state index in [1.54, 1.807) is 26.2 Å². The third-order valence-corrected chi connectivity index (χ3v) is 5.71. The zero-order valence-electron chi connectivity index (χ0n) is 19.7. The second kappa shape index (κ2) is 11.2. The molecule has 35 heavy (non-hydrogen) atoms. The van der Waals surface area contributed by atoms with Gasteiger partial charge in [0.1, 0.15) is 6.61 Å². The quantitative estimate of drug-likeness (QED) is 0.442. The van der Waals surface area contributed by atoms with E-state index < -0.39 is 18.0 Å². The summed E-state index contributed by atoms with van der Waals surface area (Å²) in [6.07, 6.45) is 0.602. The highest BCUT2D eigenvalue weighted by atomic mass is 16.5. The van der Waals surface area contributed by atoms with Crippen LogP contribution in [0.15, 0.2) is 90.1 Å². The van der Waals surface area contributed by atoms with E-state index in [0.29, 0.717) is 41.4 Å². The molecule has 0 unspecified atom stereocenters. The summed E-state index contributed by atoms with van der Waals surface area (Å²) < 4.78 is 17.0. The lowest BCUT2D eigenvalue weighted by atomic mass is 9.95. The fourth-order valence-corrected chi connectivity index (χ4v) is 3.92. The van der Waals surface area contributed by atoms with Crippen molar-refractivity contribution < 1.29 is 23.8 Å². The number of rotatable bonds is 9. The Balaban J connectivity index is 1.51. The Morgan fingerprint density at radius 1 is 0.914 bits per heavy atom. The van der Waals surface area contributed by atoms with Gasteiger partial charge in [0.2, 0.25) is 0 Å². The van der Waals surface area contributed by atoms with E-state index in [1.807, 2.05) is 66.7 Å². The summed E-state index contributed by atoms with van der Waals surface area (Å²) in [5.41, 5.74) is 3.58. The van der Waals surface area contributed by atoms with E-state index in [4.69, 9.17) is 14.2 Å². The van der Waals surface area contributed by atoms with Crippen LogP contribution in [-0.2, 0) is 22.6 Å². The molecule has 0 saturated heterocycles. The van der Waals surface area contributed by atoms with Crippen molar-refractivity contribution in [2.45, 2.75) is 26.0 Å². The standard InChI is InChI=1S/C28H28N2O5/c1-19-25(27(31)34-16-15-20-9-5-3-6-10-20)26(30-28(32)29-19)22-13-14-23(24(17-22)33-2)35-18-21-11-7-4-8-12-21/h3-14,17,26H,15-16,18H2,1-2H3,(H2,29,30,32)/t26-/m0/s1. The van der Waals surface area contributed by atoms with Gasteiger partial charge in [0.05, 0.1) is 25.3 Å². The third-order valence-electron chi connectivity index (χ3n) is 5.71. The molecular formula is C28H28N2O5. The number of hydrogen-bond donors (Lipinski definition) is 2. The first kappa shape index (κ1) is 23.9. The maximum Gasteiger partial charge on any atom is 0.338 e. The number of carbonyl (C=O) groups is 2. The summed E-state index contributed by atoms with van der Waals surface area (Å²) in [6.45, 7) is 2.31. The van der Waals surface area contributed by atoms with Crippen molar-refractivity contribution in [3.05, 3.63) is 107 Å². The van der Waals surface area contributed by atoms with E-state index in [2.05, 4.69) is 10.6 Å². The third kappa shape index (κ3) is 6.00. The highest BCUT2D eigenvalue weighted by Crippen LogP contribution is 2.35. The van der Waals surface area contributed by atoms with E-state index in [9.17, 15) is 9.59 Å². The van der Waals surface area contributed by atoms with E-state index in [1.165, 1.54) is 0 Å². The van der Waals surface area contributed by atoms with Crippen LogP contribution in [0, 0.1) is 0 Å². The number of amides is 2. The van der Waals surface area contributed by atoms with Gasteiger partial charge in [-0.2, -0.15) is 0 Å². The number of methoxy groups -OCH3 is 1. The lowest BCUT2D eigenvalue weighted by Gasteiger charge is -2.28. The van der Waals surface area contributed by atoms with Crippen LogP contribution in [0.25, 0.3) is 0 Å². The van der Waals surface area contributed by atoms with Gasteiger partial charge < -0.3 is 24.8 Å². The fraction of sp³-hybridized carbons (Fsp3) is 0.214. The molecule has 0 aliphatic carbocycles. The van der Waals surface area contributed by atoms with Crippen LogP contribution in [0.5, 0.6) is 11.5 Å². The van der Waals surface area contributed by atoms with Crippen molar-refractivity contribution >= 4 is 12.0 Å². The Morgan fingerprint density at radius 3 is 2.29 bits per heavy atom. The zero-order valence-corrected chi connectivity index (χ0v) is 19.7. The van der Waals surface area contributed by atoms with E-state index in [0.717, 1.165) is 11.1 Å². The van der Waals surface area contributed by atoms with Gasteiger partial charge >= 0.3 is 12.0 Å². The molecule has 0 spiro atoms. The molecule has 0 bridgehead atoms. The van der Waals surface area contributed by atoms with E-state index in [-0.39, 0.29) is 6.61 Å². The Kier molecular flexibility index (Phi) is 7.67. The molecule has 0 aromatic heterocycles. The number of benzene rings is 3. The molecule has 1 aliphatic rings. The van der Waals surface area contributed by atoms with Crippen LogP contribution in [0.1, 0.15) is 29.7 Å². The molecule has 0 radical (unpaired) electrons. The number of carbonyl (C=O) groups excluding carboxylic acids is 2. The van der Waals surface area contributed by atoms with Gasteiger partial charge in [0.25, 0.3) is 0 Å². The summed E-state index contributed by atoms with van der Waals surface area (Å²) in [4.78, 5) is 25.3. The minimum absolute atomic E-state index is 0.232. The average Bonchev–Trinajstić information content (AvgIpc) is 2.88. The first-order valence-electron chi connectivity index (χ1n) is 11.4. The molecule has 7 nitrogen and oxygen atoms in total. The van der Waals surface area contributed by atoms with Gasteiger partial charge in [-0.15, -0.1) is 0 Å². The van der Waals surface area contributed by atoms with Gasteiger partial charge in [-0.1, -0.05) is 66.7 Å². The van der Waals surface area contributed by atoms with Crippen molar-refractivity contribution in [2.75, 3.05) is 13.7 Å². The minimum Gasteiger partial charge on any atom is -0.493 e. The fourth-order valence-electron chi connectivity index (χ4n) is 3.92. The Bertz CT molecular complexity index is 1210. The Morgan fingerprint density at radius 2 is 1.60 bits per heavy atom. The Labute approximate surface area is 204 Å². The van der Waals surface area contributed by atoms with Crippen molar-refractivity contribution in [1.29, 1.82) is 0 Å². The first-order chi connectivity index (χ1) is 17.0. The average molecular weight is 473 g/mol. The van der Waals surface area contributed by atoms with Gasteiger partial charge in [0.15, 0.2) is 11.5 Å². The molecule has 1 heterocycles. The number of allylic oxidation sites excluding steroid dienone is 1. The van der Waals surface area contributed by atoms with Crippen molar-refractivity contribution in [3.8, 4) is 11.5 Å². The monoisotopic (exact) mass is 472 g/mol. The normalized spacial score (nSPS) is 15.1. The molecule has 0 saturated carbocycles. The molecule has 1 aliphatic heterocycles. The minimum atomic E-state index is -0.690. The highest BCUT2D eigenvalue weighted by Gasteiger charge is 2.32. The van der Waals surface area contributed by atoms with Gasteiger partial charge in [-0.3, -0.25) is 0 Å². The molecule has 3 aromatic carbocycles. The van der Waals surface area contributed by atoms with Crippen LogP contribution in [0.3, 0.4) is 0 Å². The number of ether oxygens (including phenoxy) is 3. The molecule has 1 atom stereocenters. The second-order valence-corrected chi connectivity index (χ2v) is 8.13. The highest BCUT2D eigenvalue weighted by molar-refractivity contribution is 5.95. The molecule has 180 valence electrons. The second-order valence-electron chi connectivity index (χ2n) is 8.13. The smallest absolute Gasteiger partial charge is 0.338 e.